The minimum atomic E-state index is -0.444. The fraction of sp³-hybridized carbons (Fsp3) is 0. The fourth-order valence-electron chi connectivity index (χ4n) is 3.21. The van der Waals surface area contributed by atoms with Crippen molar-refractivity contribution in [3.05, 3.63) is 87.5 Å². The van der Waals surface area contributed by atoms with E-state index in [1.165, 1.54) is 30.0 Å². The quantitative estimate of drug-likeness (QED) is 0.345. The van der Waals surface area contributed by atoms with Crippen molar-refractivity contribution in [2.45, 2.75) is 0 Å². The molecule has 0 unspecified atom stereocenters. The van der Waals surface area contributed by atoms with Gasteiger partial charge in [-0.2, -0.15) is 0 Å². The van der Waals surface area contributed by atoms with Crippen molar-refractivity contribution in [2.75, 3.05) is 0 Å². The maximum Gasteiger partial charge on any atom is 0.264 e. The van der Waals surface area contributed by atoms with Crippen LogP contribution >= 0.6 is 34.7 Å². The third kappa shape index (κ3) is 4.12. The average molecular weight is 466 g/mol. The molecular weight excluding hydrogens is 453 g/mol. The molecule has 8 heteroatoms. The molecule has 31 heavy (non-hydrogen) atoms. The van der Waals surface area contributed by atoms with Gasteiger partial charge < -0.3 is 5.32 Å². The smallest absolute Gasteiger partial charge is 0.264 e. The number of thiophene rings is 1. The average Bonchev–Trinajstić information content (AvgIpc) is 3.41. The van der Waals surface area contributed by atoms with Gasteiger partial charge in [-0.05, 0) is 65.2 Å². The maximum atomic E-state index is 13.5. The van der Waals surface area contributed by atoms with Crippen LogP contribution in [-0.4, -0.2) is 16.1 Å². The Labute approximate surface area is 190 Å². The van der Waals surface area contributed by atoms with Gasteiger partial charge in [-0.15, -0.1) is 11.3 Å². The summed E-state index contributed by atoms with van der Waals surface area (Å²) in [6, 6.07) is 15.9. The van der Waals surface area contributed by atoms with Gasteiger partial charge in [0.15, 0.2) is 5.17 Å². The largest absolute Gasteiger partial charge is 0.300 e. The van der Waals surface area contributed by atoms with Crippen LogP contribution in [0.4, 0.5) is 10.1 Å². The Balaban J connectivity index is 1.49. The zero-order valence-electron chi connectivity index (χ0n) is 15.8. The molecule has 0 aliphatic carbocycles. The number of amidine groups is 1. The summed E-state index contributed by atoms with van der Waals surface area (Å²) >= 11 is 8.93. The Hall–Kier alpha value is -3.00. The molecule has 0 spiro atoms. The molecule has 152 valence electrons. The molecule has 4 aromatic rings. The number of hydrogen-bond donors (Lipinski definition) is 1. The van der Waals surface area contributed by atoms with E-state index in [9.17, 15) is 9.18 Å². The van der Waals surface area contributed by atoms with Crippen LogP contribution in [-0.2, 0) is 4.79 Å². The van der Waals surface area contributed by atoms with Crippen molar-refractivity contribution in [2.24, 2.45) is 4.99 Å². The van der Waals surface area contributed by atoms with Gasteiger partial charge in [0, 0.05) is 28.1 Å². The summed E-state index contributed by atoms with van der Waals surface area (Å²) in [6.07, 6.45) is 3.61. The lowest BCUT2D eigenvalue weighted by molar-refractivity contribution is -0.115. The van der Waals surface area contributed by atoms with Crippen LogP contribution in [0.25, 0.3) is 27.4 Å². The highest BCUT2D eigenvalue weighted by atomic mass is 35.5. The van der Waals surface area contributed by atoms with E-state index in [1.807, 2.05) is 35.7 Å². The van der Waals surface area contributed by atoms with Gasteiger partial charge in [0.25, 0.3) is 5.91 Å². The van der Waals surface area contributed by atoms with Crippen LogP contribution in [0.3, 0.4) is 0 Å². The Bertz CT molecular complexity index is 1380. The van der Waals surface area contributed by atoms with Crippen LogP contribution in [0, 0.1) is 5.82 Å². The highest BCUT2D eigenvalue weighted by Gasteiger charge is 2.24. The van der Waals surface area contributed by atoms with Crippen LogP contribution < -0.4 is 5.32 Å². The second kappa shape index (κ2) is 8.26. The molecule has 1 amide bonds. The molecule has 2 aromatic heterocycles. The molecule has 0 radical (unpaired) electrons. The number of hydrogen-bond acceptors (Lipinski definition) is 5. The number of fused-ring (bicyclic) bond motifs is 1. The van der Waals surface area contributed by atoms with Gasteiger partial charge in [-0.3, -0.25) is 9.78 Å². The number of nitrogens with one attached hydrogen (secondary N) is 1. The van der Waals surface area contributed by atoms with E-state index in [2.05, 4.69) is 21.4 Å². The first-order valence-electron chi connectivity index (χ1n) is 9.24. The van der Waals surface area contributed by atoms with E-state index in [0.29, 0.717) is 15.1 Å². The number of thioether (sulfide) groups is 1. The highest BCUT2D eigenvalue weighted by molar-refractivity contribution is 8.18. The monoisotopic (exact) mass is 465 g/mol. The highest BCUT2D eigenvalue weighted by Crippen LogP contribution is 2.34. The summed E-state index contributed by atoms with van der Waals surface area (Å²) in [5.74, 6) is -0.707. The van der Waals surface area contributed by atoms with Gasteiger partial charge in [0.2, 0.25) is 0 Å². The normalized spacial score (nSPS) is 16.4. The van der Waals surface area contributed by atoms with Crippen molar-refractivity contribution >= 4 is 68.4 Å². The lowest BCUT2D eigenvalue weighted by Gasteiger charge is -2.05. The zero-order chi connectivity index (χ0) is 21.4. The first-order valence-corrected chi connectivity index (χ1v) is 11.3. The maximum absolute atomic E-state index is 13.5. The molecule has 1 aliphatic rings. The summed E-state index contributed by atoms with van der Waals surface area (Å²) in [5, 5.41) is 6.42. The number of nitrogens with zero attached hydrogens (tertiary/aromatic N) is 2. The van der Waals surface area contributed by atoms with E-state index in [4.69, 9.17) is 11.6 Å². The van der Waals surface area contributed by atoms with Gasteiger partial charge in [-0.1, -0.05) is 23.7 Å². The Morgan fingerprint density at radius 3 is 2.87 bits per heavy atom. The molecule has 1 N–H and O–H groups in total. The summed E-state index contributed by atoms with van der Waals surface area (Å²) in [6.45, 7) is 0. The standard InChI is InChI=1S/C23H13ClFN3OS2/c24-17-5-4-14(25)12-19(17)27-23-28-22(29)21(31-23)11-13-3-6-18-16(10-13)15(7-8-26-18)20-2-1-9-30-20/h1-12H,(H,27,28,29)/b21-11+. The molecule has 1 fully saturated rings. The Morgan fingerprint density at radius 1 is 1.13 bits per heavy atom. The lowest BCUT2D eigenvalue weighted by atomic mass is 10.0. The summed E-state index contributed by atoms with van der Waals surface area (Å²) < 4.78 is 13.5. The Kier molecular flexibility index (Phi) is 5.31. The van der Waals surface area contributed by atoms with Crippen molar-refractivity contribution in [3.8, 4) is 10.4 Å². The fourth-order valence-corrected chi connectivity index (χ4v) is 4.97. The molecule has 0 bridgehead atoms. The molecular formula is C23H13ClFN3OS2. The van der Waals surface area contributed by atoms with Crippen LogP contribution in [0.5, 0.6) is 0 Å². The van der Waals surface area contributed by atoms with Gasteiger partial charge in [0.1, 0.15) is 5.82 Å². The van der Waals surface area contributed by atoms with Gasteiger partial charge in [0.05, 0.1) is 21.1 Å². The second-order valence-electron chi connectivity index (χ2n) is 6.69. The SMILES string of the molecule is O=C1NC(=Nc2cc(F)ccc2Cl)S/C1=C/c1ccc2nccc(-c3cccs3)c2c1. The third-order valence-corrected chi connectivity index (χ3v) is 6.76. The van der Waals surface area contributed by atoms with Crippen LogP contribution in [0.2, 0.25) is 5.02 Å². The number of halogens is 2. The van der Waals surface area contributed by atoms with Gasteiger partial charge in [-0.25, -0.2) is 9.38 Å². The van der Waals surface area contributed by atoms with Gasteiger partial charge >= 0.3 is 0 Å². The molecule has 2 aromatic carbocycles. The van der Waals surface area contributed by atoms with E-state index in [1.54, 1.807) is 23.6 Å². The lowest BCUT2D eigenvalue weighted by Crippen LogP contribution is -2.19. The predicted molar refractivity (Wildman–Crippen MR) is 127 cm³/mol. The number of aromatic nitrogens is 1. The minimum Gasteiger partial charge on any atom is -0.300 e. The first kappa shape index (κ1) is 19.9. The zero-order valence-corrected chi connectivity index (χ0v) is 18.2. The van der Waals surface area contributed by atoms with Crippen LogP contribution in [0.15, 0.2) is 76.1 Å². The first-order chi connectivity index (χ1) is 15.1. The molecule has 1 saturated heterocycles. The van der Waals surface area contributed by atoms with E-state index >= 15 is 0 Å². The summed E-state index contributed by atoms with van der Waals surface area (Å²) in [4.78, 5) is 22.8. The predicted octanol–water partition coefficient (Wildman–Crippen LogP) is 6.65. The molecule has 0 saturated carbocycles. The van der Waals surface area contributed by atoms with Crippen molar-refractivity contribution in [3.63, 3.8) is 0 Å². The molecule has 1 aliphatic heterocycles. The number of carbonyl (C=O) groups excluding carboxylic acids is 1. The van der Waals surface area contributed by atoms with E-state index in [-0.39, 0.29) is 11.6 Å². The topological polar surface area (TPSA) is 54.4 Å². The third-order valence-electron chi connectivity index (χ3n) is 4.63. The molecule has 4 nitrogen and oxygen atoms in total. The number of amides is 1. The molecule has 5 rings (SSSR count). The second-order valence-corrected chi connectivity index (χ2v) is 9.08. The number of carbonyl (C=O) groups is 1. The van der Waals surface area contributed by atoms with Crippen molar-refractivity contribution < 1.29 is 9.18 Å². The van der Waals surface area contributed by atoms with Crippen molar-refractivity contribution in [1.29, 1.82) is 0 Å². The summed E-state index contributed by atoms with van der Waals surface area (Å²) in [7, 11) is 0. The van der Waals surface area contributed by atoms with Crippen molar-refractivity contribution in [1.82, 2.24) is 10.3 Å². The minimum absolute atomic E-state index is 0.263. The molecule has 3 heterocycles. The number of pyridine rings is 1. The van der Waals surface area contributed by atoms with Crippen LogP contribution in [0.1, 0.15) is 5.56 Å². The molecule has 0 atom stereocenters. The number of benzene rings is 2. The Morgan fingerprint density at radius 2 is 2.03 bits per heavy atom. The number of rotatable bonds is 3. The number of aliphatic imine (C=N–C) groups is 1. The van der Waals surface area contributed by atoms with E-state index in [0.717, 1.165) is 26.9 Å². The van der Waals surface area contributed by atoms with E-state index < -0.39 is 5.82 Å². The summed E-state index contributed by atoms with van der Waals surface area (Å²) in [5.41, 5.74) is 3.13.